The van der Waals surface area contributed by atoms with Gasteiger partial charge in [0, 0.05) is 14.0 Å². The van der Waals surface area contributed by atoms with Crippen molar-refractivity contribution in [2.24, 2.45) is 5.92 Å². The Balaban J connectivity index is 2.73. The Labute approximate surface area is 106 Å². The van der Waals surface area contributed by atoms with Gasteiger partial charge in [-0.2, -0.15) is 0 Å². The first kappa shape index (κ1) is 14.2. The number of carboxylic acid groups (broad SMARTS) is 1. The molecule has 1 heterocycles. The van der Waals surface area contributed by atoms with Crippen LogP contribution in [0.3, 0.4) is 0 Å². The highest BCUT2D eigenvalue weighted by Gasteiger charge is 2.29. The minimum atomic E-state index is -1.00. The molecular formula is C12H18N2O4. The number of likely N-dealkylation sites (N-methyl/N-ethyl adjacent to an activating group) is 1. The molecule has 1 rings (SSSR count). The first-order valence-corrected chi connectivity index (χ1v) is 5.72. The zero-order chi connectivity index (χ0) is 13.9. The molecule has 1 atom stereocenters. The topological polar surface area (TPSA) is 83.6 Å². The van der Waals surface area contributed by atoms with Crippen molar-refractivity contribution in [1.29, 1.82) is 0 Å². The van der Waals surface area contributed by atoms with Crippen LogP contribution in [0.1, 0.15) is 25.4 Å². The van der Waals surface area contributed by atoms with E-state index in [9.17, 15) is 9.59 Å². The number of amides is 1. The summed E-state index contributed by atoms with van der Waals surface area (Å²) in [5, 5.41) is 9.11. The second-order valence-corrected chi connectivity index (χ2v) is 4.57. The van der Waals surface area contributed by atoms with Crippen molar-refractivity contribution in [2.75, 3.05) is 7.05 Å². The number of aromatic nitrogens is 1. The standard InChI is InChI=1S/C12H18N2O4/c1-7(2)11(12(16)17)14(4)10(15)5-9-6-18-8(3)13-9/h6-7,11H,5H2,1-4H3,(H,16,17). The predicted octanol–water partition coefficient (Wildman–Crippen LogP) is 1.09. The monoisotopic (exact) mass is 254 g/mol. The number of hydrogen-bond acceptors (Lipinski definition) is 4. The third kappa shape index (κ3) is 3.32. The second kappa shape index (κ2) is 5.66. The maximum atomic E-state index is 12.0. The molecule has 0 spiro atoms. The molecule has 0 saturated heterocycles. The quantitative estimate of drug-likeness (QED) is 0.850. The molecule has 1 amide bonds. The van der Waals surface area contributed by atoms with Crippen LogP contribution in [0.5, 0.6) is 0 Å². The molecule has 0 aliphatic carbocycles. The first-order valence-electron chi connectivity index (χ1n) is 5.72. The van der Waals surface area contributed by atoms with E-state index in [1.807, 2.05) is 0 Å². The minimum Gasteiger partial charge on any atom is -0.480 e. The summed E-state index contributed by atoms with van der Waals surface area (Å²) < 4.78 is 5.00. The third-order valence-electron chi connectivity index (χ3n) is 2.69. The molecule has 1 aromatic rings. The van der Waals surface area contributed by atoms with E-state index in [0.29, 0.717) is 11.6 Å². The van der Waals surface area contributed by atoms with Gasteiger partial charge in [-0.3, -0.25) is 4.79 Å². The second-order valence-electron chi connectivity index (χ2n) is 4.57. The highest BCUT2D eigenvalue weighted by Crippen LogP contribution is 2.12. The summed E-state index contributed by atoms with van der Waals surface area (Å²) >= 11 is 0. The van der Waals surface area contributed by atoms with Gasteiger partial charge in [-0.25, -0.2) is 9.78 Å². The number of aryl methyl sites for hydroxylation is 1. The summed E-state index contributed by atoms with van der Waals surface area (Å²) in [6, 6.07) is -0.828. The van der Waals surface area contributed by atoms with Crippen LogP contribution in [-0.4, -0.2) is 40.0 Å². The summed E-state index contributed by atoms with van der Waals surface area (Å²) in [6.45, 7) is 5.22. The van der Waals surface area contributed by atoms with Crippen molar-refractivity contribution in [2.45, 2.75) is 33.2 Å². The first-order chi connectivity index (χ1) is 8.32. The fraction of sp³-hybridized carbons (Fsp3) is 0.583. The molecule has 1 N–H and O–H groups in total. The Morgan fingerprint density at radius 3 is 2.50 bits per heavy atom. The number of hydrogen-bond donors (Lipinski definition) is 1. The van der Waals surface area contributed by atoms with Gasteiger partial charge in [0.25, 0.3) is 0 Å². The van der Waals surface area contributed by atoms with E-state index < -0.39 is 12.0 Å². The number of carbonyl (C=O) groups excluding carboxylic acids is 1. The molecule has 0 aromatic carbocycles. The van der Waals surface area contributed by atoms with Gasteiger partial charge < -0.3 is 14.4 Å². The molecule has 1 unspecified atom stereocenters. The number of oxazole rings is 1. The summed E-state index contributed by atoms with van der Waals surface area (Å²) in [6.07, 6.45) is 1.45. The molecule has 18 heavy (non-hydrogen) atoms. The predicted molar refractivity (Wildman–Crippen MR) is 64.0 cm³/mol. The van der Waals surface area contributed by atoms with Crippen molar-refractivity contribution in [3.8, 4) is 0 Å². The lowest BCUT2D eigenvalue weighted by molar-refractivity contribution is -0.150. The Morgan fingerprint density at radius 2 is 2.11 bits per heavy atom. The zero-order valence-electron chi connectivity index (χ0n) is 11.0. The van der Waals surface area contributed by atoms with Gasteiger partial charge >= 0.3 is 5.97 Å². The highest BCUT2D eigenvalue weighted by molar-refractivity contribution is 5.84. The van der Waals surface area contributed by atoms with Gasteiger partial charge in [-0.15, -0.1) is 0 Å². The summed E-state index contributed by atoms with van der Waals surface area (Å²) in [5.41, 5.74) is 0.511. The average molecular weight is 254 g/mol. The molecule has 0 saturated carbocycles. The number of aliphatic carboxylic acids is 1. The van der Waals surface area contributed by atoms with Crippen LogP contribution in [0.25, 0.3) is 0 Å². The van der Waals surface area contributed by atoms with Crippen LogP contribution >= 0.6 is 0 Å². The molecule has 0 fully saturated rings. The molecule has 0 aliphatic rings. The van der Waals surface area contributed by atoms with Gasteiger partial charge in [-0.05, 0) is 5.92 Å². The van der Waals surface area contributed by atoms with Gasteiger partial charge in [-0.1, -0.05) is 13.8 Å². The van der Waals surface area contributed by atoms with E-state index in [1.165, 1.54) is 18.2 Å². The Kier molecular flexibility index (Phi) is 4.47. The Morgan fingerprint density at radius 1 is 1.50 bits per heavy atom. The van der Waals surface area contributed by atoms with E-state index >= 15 is 0 Å². The maximum absolute atomic E-state index is 12.0. The minimum absolute atomic E-state index is 0.0460. The van der Waals surface area contributed by atoms with Crippen molar-refractivity contribution in [1.82, 2.24) is 9.88 Å². The number of carboxylic acids is 1. The van der Waals surface area contributed by atoms with Crippen molar-refractivity contribution in [3.63, 3.8) is 0 Å². The molecule has 6 nitrogen and oxygen atoms in total. The van der Waals surface area contributed by atoms with Crippen LogP contribution in [0.2, 0.25) is 0 Å². The van der Waals surface area contributed by atoms with Gasteiger partial charge in [0.05, 0.1) is 12.1 Å². The normalized spacial score (nSPS) is 12.5. The fourth-order valence-electron chi connectivity index (χ4n) is 1.82. The van der Waals surface area contributed by atoms with E-state index in [2.05, 4.69) is 4.98 Å². The lowest BCUT2D eigenvalue weighted by Crippen LogP contribution is -2.46. The van der Waals surface area contributed by atoms with Crippen molar-refractivity contribution >= 4 is 11.9 Å². The Hall–Kier alpha value is -1.85. The van der Waals surface area contributed by atoms with Crippen LogP contribution in [0.15, 0.2) is 10.7 Å². The lowest BCUT2D eigenvalue weighted by Gasteiger charge is -2.27. The van der Waals surface area contributed by atoms with E-state index in [4.69, 9.17) is 9.52 Å². The third-order valence-corrected chi connectivity index (χ3v) is 2.69. The fourth-order valence-corrected chi connectivity index (χ4v) is 1.82. The van der Waals surface area contributed by atoms with Crippen LogP contribution in [0.4, 0.5) is 0 Å². The molecule has 0 radical (unpaired) electrons. The van der Waals surface area contributed by atoms with Crippen LogP contribution < -0.4 is 0 Å². The van der Waals surface area contributed by atoms with Crippen molar-refractivity contribution in [3.05, 3.63) is 17.8 Å². The van der Waals surface area contributed by atoms with Gasteiger partial charge in [0.1, 0.15) is 12.3 Å². The molecular weight excluding hydrogens is 236 g/mol. The molecule has 0 bridgehead atoms. The average Bonchev–Trinajstić information content (AvgIpc) is 2.62. The van der Waals surface area contributed by atoms with E-state index in [-0.39, 0.29) is 18.2 Å². The number of rotatable bonds is 5. The van der Waals surface area contributed by atoms with Gasteiger partial charge in [0.2, 0.25) is 5.91 Å². The summed E-state index contributed by atoms with van der Waals surface area (Å²) in [5.74, 6) is -0.962. The zero-order valence-corrected chi connectivity index (χ0v) is 11.0. The largest absolute Gasteiger partial charge is 0.480 e. The number of carbonyl (C=O) groups is 2. The Bertz CT molecular complexity index is 439. The lowest BCUT2D eigenvalue weighted by atomic mass is 10.0. The number of nitrogens with zero attached hydrogens (tertiary/aromatic N) is 2. The van der Waals surface area contributed by atoms with Crippen molar-refractivity contribution < 1.29 is 19.1 Å². The highest BCUT2D eigenvalue weighted by atomic mass is 16.4. The van der Waals surface area contributed by atoms with E-state index in [0.717, 1.165) is 0 Å². The smallest absolute Gasteiger partial charge is 0.326 e. The van der Waals surface area contributed by atoms with E-state index in [1.54, 1.807) is 20.8 Å². The molecule has 6 heteroatoms. The summed E-state index contributed by atoms with van der Waals surface area (Å²) in [7, 11) is 1.49. The van der Waals surface area contributed by atoms with Crippen LogP contribution in [-0.2, 0) is 16.0 Å². The molecule has 100 valence electrons. The SMILES string of the molecule is Cc1nc(CC(=O)N(C)C(C(=O)O)C(C)C)co1. The maximum Gasteiger partial charge on any atom is 0.326 e. The van der Waals surface area contributed by atoms with Crippen LogP contribution in [0, 0.1) is 12.8 Å². The molecule has 0 aliphatic heterocycles. The summed E-state index contributed by atoms with van der Waals surface area (Å²) in [4.78, 5) is 28.3. The molecule has 1 aromatic heterocycles. The van der Waals surface area contributed by atoms with Gasteiger partial charge in [0.15, 0.2) is 5.89 Å².